The van der Waals surface area contributed by atoms with E-state index in [-0.39, 0.29) is 31.7 Å². The maximum atomic E-state index is 13.7. The maximum absolute atomic E-state index is 13.7. The lowest BCUT2D eigenvalue weighted by Crippen LogP contribution is -2.63. The van der Waals surface area contributed by atoms with E-state index < -0.39 is 103 Å². The molecule has 0 aliphatic carbocycles. The zero-order chi connectivity index (χ0) is 34.7. The molecule has 258 valence electrons. The summed E-state index contributed by atoms with van der Waals surface area (Å²) in [6, 6.07) is -8.76. The molecule has 6 amide bonds. The molecule has 18 heteroatoms. The molecular formula is C28H44N6O11S. The van der Waals surface area contributed by atoms with Gasteiger partial charge in [-0.2, -0.15) is 11.8 Å². The fourth-order valence-corrected chi connectivity index (χ4v) is 5.67. The van der Waals surface area contributed by atoms with Gasteiger partial charge in [-0.05, 0) is 50.5 Å². The van der Waals surface area contributed by atoms with Crippen molar-refractivity contribution in [3.05, 3.63) is 0 Å². The summed E-state index contributed by atoms with van der Waals surface area (Å²) < 4.78 is 0. The second-order valence-corrected chi connectivity index (χ2v) is 12.8. The van der Waals surface area contributed by atoms with Gasteiger partial charge in [0.15, 0.2) is 0 Å². The fourth-order valence-electron chi connectivity index (χ4n) is 5.20. The Balaban J connectivity index is 2.62. The van der Waals surface area contributed by atoms with Crippen molar-refractivity contribution in [1.29, 1.82) is 0 Å². The largest absolute Gasteiger partial charge is 0.481 e. The number of amides is 6. The Morgan fingerprint density at radius 2 is 1.28 bits per heavy atom. The van der Waals surface area contributed by atoms with Crippen molar-refractivity contribution in [3.8, 4) is 0 Å². The second-order valence-electron chi connectivity index (χ2n) is 11.8. The summed E-state index contributed by atoms with van der Waals surface area (Å²) in [6.07, 6.45) is -0.855. The van der Waals surface area contributed by atoms with Crippen molar-refractivity contribution in [2.75, 3.05) is 18.6 Å². The van der Waals surface area contributed by atoms with E-state index in [4.69, 9.17) is 0 Å². The van der Waals surface area contributed by atoms with Gasteiger partial charge in [0, 0.05) is 6.54 Å². The summed E-state index contributed by atoms with van der Waals surface area (Å²) in [5.41, 5.74) is 0. The van der Waals surface area contributed by atoms with E-state index in [1.54, 1.807) is 20.1 Å². The number of fused-ring (bicyclic) bond motifs is 1. The fraction of sp³-hybridized carbons (Fsp3) is 0.714. The van der Waals surface area contributed by atoms with Crippen LogP contribution in [0.1, 0.15) is 59.3 Å². The van der Waals surface area contributed by atoms with E-state index in [1.807, 2.05) is 0 Å². The number of carboxylic acids is 2. The number of aliphatic carboxylic acids is 2. The van der Waals surface area contributed by atoms with Crippen LogP contribution in [-0.4, -0.2) is 129 Å². The standard InChI is InChI=1S/C28H44N6O11S/c1-13(2)10-16-23(40)31-18(12-21(38)39)25(42)33-22(14(3)35)27(44)29-15(7-9-46-4)28(45)34-8-5-6-19(34)26(43)32-17(11-20(36)37)24(41)30-16/h13-19,22,35H,5-12H2,1-4H3,(H,29,44)(H,30,41)(H,31,40)(H,32,43)(H,33,42)(H,36,37)(H,38,39)/t14-,15-,16+,17-,18-,19-,22+/m1/s1. The molecule has 0 radical (unpaired) electrons. The van der Waals surface area contributed by atoms with Crippen LogP contribution in [0.5, 0.6) is 0 Å². The van der Waals surface area contributed by atoms with Gasteiger partial charge in [0.1, 0.15) is 36.3 Å². The molecule has 2 heterocycles. The Kier molecular flexibility index (Phi) is 14.7. The van der Waals surface area contributed by atoms with Crippen LogP contribution in [0.4, 0.5) is 0 Å². The molecule has 0 saturated carbocycles. The first kappa shape index (κ1) is 38.3. The Morgan fingerprint density at radius 3 is 1.80 bits per heavy atom. The average molecular weight is 673 g/mol. The Morgan fingerprint density at radius 1 is 0.783 bits per heavy atom. The van der Waals surface area contributed by atoms with E-state index in [9.17, 15) is 53.7 Å². The van der Waals surface area contributed by atoms with Gasteiger partial charge in [-0.15, -0.1) is 0 Å². The van der Waals surface area contributed by atoms with Crippen molar-refractivity contribution in [1.82, 2.24) is 31.5 Å². The molecule has 7 atom stereocenters. The molecule has 2 aliphatic rings. The zero-order valence-electron chi connectivity index (χ0n) is 26.2. The number of carbonyl (C=O) groups excluding carboxylic acids is 6. The van der Waals surface area contributed by atoms with Crippen LogP contribution >= 0.6 is 11.8 Å². The SMILES string of the molecule is CSCC[C@H]1NC(=O)[C@H]([C@@H](C)O)NC(=O)[C@@H](CC(=O)O)NC(=O)[C@H](CC(C)C)NC(=O)[C@@H](CC(=O)O)NC(=O)[C@H]2CCCN2C1=O. The van der Waals surface area contributed by atoms with Crippen LogP contribution in [0, 0.1) is 5.92 Å². The van der Waals surface area contributed by atoms with Gasteiger partial charge < -0.3 is 46.8 Å². The van der Waals surface area contributed by atoms with Crippen LogP contribution in [0.25, 0.3) is 0 Å². The van der Waals surface area contributed by atoms with Crippen molar-refractivity contribution < 1.29 is 53.7 Å². The first-order chi connectivity index (χ1) is 21.5. The summed E-state index contributed by atoms with van der Waals surface area (Å²) in [5, 5.41) is 41.1. The van der Waals surface area contributed by atoms with Crippen LogP contribution < -0.4 is 26.6 Å². The number of nitrogens with one attached hydrogen (secondary N) is 5. The highest BCUT2D eigenvalue weighted by Crippen LogP contribution is 2.21. The van der Waals surface area contributed by atoms with E-state index in [0.717, 1.165) is 0 Å². The van der Waals surface area contributed by atoms with Gasteiger partial charge in [-0.25, -0.2) is 0 Å². The first-order valence-electron chi connectivity index (χ1n) is 15.0. The van der Waals surface area contributed by atoms with Crippen LogP contribution in [0.3, 0.4) is 0 Å². The van der Waals surface area contributed by atoms with Gasteiger partial charge in [0.2, 0.25) is 35.4 Å². The van der Waals surface area contributed by atoms with E-state index in [0.29, 0.717) is 12.2 Å². The van der Waals surface area contributed by atoms with Gasteiger partial charge in [-0.3, -0.25) is 38.4 Å². The summed E-state index contributed by atoms with van der Waals surface area (Å²) >= 11 is 1.38. The predicted molar refractivity (Wildman–Crippen MR) is 163 cm³/mol. The number of thioether (sulfide) groups is 1. The lowest BCUT2D eigenvalue weighted by Gasteiger charge is -2.32. The molecule has 46 heavy (non-hydrogen) atoms. The van der Waals surface area contributed by atoms with Crippen molar-refractivity contribution >= 4 is 59.1 Å². The third-order valence-corrected chi connectivity index (χ3v) is 8.13. The zero-order valence-corrected chi connectivity index (χ0v) is 27.1. The van der Waals surface area contributed by atoms with Gasteiger partial charge in [0.05, 0.1) is 18.9 Å². The molecule has 0 unspecified atom stereocenters. The quantitative estimate of drug-likeness (QED) is 0.120. The number of carbonyl (C=O) groups is 8. The summed E-state index contributed by atoms with van der Waals surface area (Å²) in [5.74, 6) is -8.28. The molecule has 2 rings (SSSR count). The maximum Gasteiger partial charge on any atom is 0.305 e. The first-order valence-corrected chi connectivity index (χ1v) is 16.4. The smallest absolute Gasteiger partial charge is 0.305 e. The number of aliphatic hydroxyl groups is 1. The molecule has 8 N–H and O–H groups in total. The molecular weight excluding hydrogens is 628 g/mol. The minimum atomic E-state index is -1.77. The minimum absolute atomic E-state index is 0.0201. The number of rotatable bonds is 10. The molecule has 2 fully saturated rings. The molecule has 0 aromatic heterocycles. The molecule has 17 nitrogen and oxygen atoms in total. The molecule has 2 saturated heterocycles. The number of carboxylic acid groups (broad SMARTS) is 2. The second kappa shape index (κ2) is 17.7. The predicted octanol–water partition coefficient (Wildman–Crippen LogP) is -2.46. The highest BCUT2D eigenvalue weighted by molar-refractivity contribution is 7.98. The van der Waals surface area contributed by atoms with Gasteiger partial charge in [0.25, 0.3) is 0 Å². The minimum Gasteiger partial charge on any atom is -0.481 e. The molecule has 0 aromatic rings. The monoisotopic (exact) mass is 672 g/mol. The topological polar surface area (TPSA) is 261 Å². The Hall–Kier alpha value is -3.93. The number of nitrogens with zero attached hydrogens (tertiary/aromatic N) is 1. The number of aliphatic hydroxyl groups excluding tert-OH is 1. The Labute approximate surface area is 270 Å². The lowest BCUT2D eigenvalue weighted by atomic mass is 10.0. The van der Waals surface area contributed by atoms with Crippen LogP contribution in [-0.2, 0) is 38.4 Å². The normalized spacial score (nSPS) is 27.7. The molecule has 2 aliphatic heterocycles. The summed E-state index contributed by atoms with van der Waals surface area (Å²) in [7, 11) is 0. The number of hydrogen-bond acceptors (Lipinski definition) is 10. The van der Waals surface area contributed by atoms with Crippen LogP contribution in [0.2, 0.25) is 0 Å². The van der Waals surface area contributed by atoms with E-state index in [2.05, 4.69) is 26.6 Å². The van der Waals surface area contributed by atoms with Gasteiger partial charge in [-0.1, -0.05) is 13.8 Å². The van der Waals surface area contributed by atoms with Gasteiger partial charge >= 0.3 is 11.9 Å². The molecule has 0 spiro atoms. The third-order valence-electron chi connectivity index (χ3n) is 7.49. The summed E-state index contributed by atoms with van der Waals surface area (Å²) in [4.78, 5) is 105. The number of hydrogen-bond donors (Lipinski definition) is 8. The lowest BCUT2D eigenvalue weighted by molar-refractivity contribution is -0.145. The average Bonchev–Trinajstić information content (AvgIpc) is 3.45. The van der Waals surface area contributed by atoms with Crippen LogP contribution in [0.15, 0.2) is 0 Å². The molecule has 0 aromatic carbocycles. The van der Waals surface area contributed by atoms with Crippen molar-refractivity contribution in [3.63, 3.8) is 0 Å². The highest BCUT2D eigenvalue weighted by Gasteiger charge is 2.41. The Bertz CT molecular complexity index is 1180. The highest BCUT2D eigenvalue weighted by atomic mass is 32.2. The van der Waals surface area contributed by atoms with E-state index >= 15 is 0 Å². The van der Waals surface area contributed by atoms with Crippen molar-refractivity contribution in [2.45, 2.75) is 102 Å². The van der Waals surface area contributed by atoms with E-state index in [1.165, 1.54) is 23.6 Å². The summed E-state index contributed by atoms with van der Waals surface area (Å²) in [6.45, 7) is 4.75. The third kappa shape index (κ3) is 11.1. The van der Waals surface area contributed by atoms with Crippen molar-refractivity contribution in [2.24, 2.45) is 5.92 Å². The molecule has 0 bridgehead atoms.